The molecule has 0 spiro atoms. The minimum absolute atomic E-state index is 0.0171. The maximum atomic E-state index is 12.6. The number of nitrogens with zero attached hydrogens (tertiary/aromatic N) is 1. The van der Waals surface area contributed by atoms with Crippen LogP contribution in [0.5, 0.6) is 0 Å². The summed E-state index contributed by atoms with van der Waals surface area (Å²) in [5.41, 5.74) is 0. The van der Waals surface area contributed by atoms with E-state index in [2.05, 4.69) is 19.2 Å². The summed E-state index contributed by atoms with van der Waals surface area (Å²) in [5, 5.41) is 2.89. The Labute approximate surface area is 116 Å². The Morgan fingerprint density at radius 2 is 1.84 bits per heavy atom. The summed E-state index contributed by atoms with van der Waals surface area (Å²) < 4.78 is 0. The van der Waals surface area contributed by atoms with Crippen molar-refractivity contribution < 1.29 is 9.59 Å². The van der Waals surface area contributed by atoms with Crippen LogP contribution in [0.4, 0.5) is 0 Å². The predicted molar refractivity (Wildman–Crippen MR) is 76.6 cm³/mol. The molecule has 1 heterocycles. The van der Waals surface area contributed by atoms with Crippen molar-refractivity contribution in [1.82, 2.24) is 10.2 Å². The van der Waals surface area contributed by atoms with Gasteiger partial charge in [0.25, 0.3) is 0 Å². The Morgan fingerprint density at radius 3 is 2.32 bits per heavy atom. The first-order valence-electron chi connectivity index (χ1n) is 7.53. The summed E-state index contributed by atoms with van der Waals surface area (Å²) in [6, 6.07) is -0.633. The van der Waals surface area contributed by atoms with Crippen molar-refractivity contribution in [2.75, 3.05) is 6.54 Å². The Morgan fingerprint density at radius 1 is 1.21 bits per heavy atom. The molecule has 19 heavy (non-hydrogen) atoms. The Bertz CT molecular complexity index is 328. The van der Waals surface area contributed by atoms with Gasteiger partial charge >= 0.3 is 0 Å². The number of carbonyl (C=O) groups is 2. The summed E-state index contributed by atoms with van der Waals surface area (Å²) in [6.07, 6.45) is 2.68. The highest BCUT2D eigenvalue weighted by Crippen LogP contribution is 2.20. The molecule has 1 fully saturated rings. The van der Waals surface area contributed by atoms with E-state index in [4.69, 9.17) is 0 Å². The fourth-order valence-corrected chi connectivity index (χ4v) is 2.48. The summed E-state index contributed by atoms with van der Waals surface area (Å²) in [7, 11) is 0. The second-order valence-electron chi connectivity index (χ2n) is 6.04. The van der Waals surface area contributed by atoms with Crippen LogP contribution >= 0.6 is 0 Å². The Hall–Kier alpha value is -1.06. The van der Waals surface area contributed by atoms with Crippen LogP contribution in [-0.2, 0) is 9.59 Å². The zero-order chi connectivity index (χ0) is 14.6. The molecule has 0 aromatic rings. The molecule has 3 unspecified atom stereocenters. The van der Waals surface area contributed by atoms with Crippen LogP contribution in [0.2, 0.25) is 0 Å². The van der Waals surface area contributed by atoms with E-state index in [1.54, 1.807) is 0 Å². The van der Waals surface area contributed by atoms with Crippen molar-refractivity contribution in [3.63, 3.8) is 0 Å². The topological polar surface area (TPSA) is 49.4 Å². The lowest BCUT2D eigenvalue weighted by atomic mass is 9.94. The zero-order valence-electron chi connectivity index (χ0n) is 12.9. The van der Waals surface area contributed by atoms with Crippen LogP contribution in [0.25, 0.3) is 0 Å². The molecule has 2 amide bonds. The summed E-state index contributed by atoms with van der Waals surface area (Å²) in [4.78, 5) is 26.6. The molecular weight excluding hydrogens is 240 g/mol. The summed E-state index contributed by atoms with van der Waals surface area (Å²) in [5.74, 6) is 0.678. The van der Waals surface area contributed by atoms with Crippen molar-refractivity contribution in [1.29, 1.82) is 0 Å². The lowest BCUT2D eigenvalue weighted by molar-refractivity contribution is -0.151. The van der Waals surface area contributed by atoms with E-state index in [-0.39, 0.29) is 29.8 Å². The van der Waals surface area contributed by atoms with Gasteiger partial charge in [-0.25, -0.2) is 0 Å². The molecule has 0 aromatic heterocycles. The van der Waals surface area contributed by atoms with Gasteiger partial charge in [0, 0.05) is 6.54 Å². The summed E-state index contributed by atoms with van der Waals surface area (Å²) >= 11 is 0. The molecule has 0 radical (unpaired) electrons. The number of rotatable bonds is 6. The fourth-order valence-electron chi connectivity index (χ4n) is 2.48. The van der Waals surface area contributed by atoms with Crippen LogP contribution in [-0.4, -0.2) is 35.3 Å². The van der Waals surface area contributed by atoms with Crippen molar-refractivity contribution >= 4 is 11.8 Å². The van der Waals surface area contributed by atoms with Gasteiger partial charge in [0.15, 0.2) is 0 Å². The highest BCUT2D eigenvalue weighted by atomic mass is 16.2. The maximum Gasteiger partial charge on any atom is 0.246 e. The van der Waals surface area contributed by atoms with E-state index in [1.807, 2.05) is 25.7 Å². The van der Waals surface area contributed by atoms with E-state index in [1.165, 1.54) is 0 Å². The van der Waals surface area contributed by atoms with Gasteiger partial charge in [0.05, 0.1) is 0 Å². The second kappa shape index (κ2) is 6.92. The third kappa shape index (κ3) is 3.71. The zero-order valence-corrected chi connectivity index (χ0v) is 12.9. The van der Waals surface area contributed by atoms with Crippen LogP contribution in [0.1, 0.15) is 53.9 Å². The van der Waals surface area contributed by atoms with Crippen LogP contribution in [0.15, 0.2) is 0 Å². The highest BCUT2D eigenvalue weighted by Gasteiger charge is 2.41. The lowest BCUT2D eigenvalue weighted by Gasteiger charge is -2.41. The molecule has 1 saturated heterocycles. The van der Waals surface area contributed by atoms with Crippen LogP contribution < -0.4 is 5.32 Å². The monoisotopic (exact) mass is 268 g/mol. The predicted octanol–water partition coefficient (Wildman–Crippen LogP) is 2.18. The third-order valence-corrected chi connectivity index (χ3v) is 3.96. The Kier molecular flexibility index (Phi) is 5.83. The molecule has 4 heteroatoms. The van der Waals surface area contributed by atoms with Crippen molar-refractivity contribution in [2.45, 2.75) is 66.0 Å². The van der Waals surface area contributed by atoms with Crippen LogP contribution in [0.3, 0.4) is 0 Å². The maximum absolute atomic E-state index is 12.6. The normalized spacial score (nSPS) is 25.7. The van der Waals surface area contributed by atoms with E-state index in [0.29, 0.717) is 12.5 Å². The van der Waals surface area contributed by atoms with Gasteiger partial charge in [-0.2, -0.15) is 0 Å². The minimum Gasteiger partial charge on any atom is -0.342 e. The van der Waals surface area contributed by atoms with Gasteiger partial charge < -0.3 is 10.2 Å². The summed E-state index contributed by atoms with van der Waals surface area (Å²) in [6.45, 7) is 10.9. The van der Waals surface area contributed by atoms with Gasteiger partial charge in [-0.1, -0.05) is 47.5 Å². The number of piperazine rings is 1. The molecular formula is C15H28N2O2. The molecule has 110 valence electrons. The number of hydrogen-bond donors (Lipinski definition) is 1. The minimum atomic E-state index is -0.357. The lowest BCUT2D eigenvalue weighted by Crippen LogP contribution is -2.65. The molecule has 0 saturated carbocycles. The second-order valence-corrected chi connectivity index (χ2v) is 6.04. The number of amides is 2. The van der Waals surface area contributed by atoms with E-state index >= 15 is 0 Å². The van der Waals surface area contributed by atoms with Gasteiger partial charge in [-0.15, -0.1) is 0 Å². The SMILES string of the molecule is CCCC1C(=O)NC(C(C)C)C(=O)N1CC(C)CC. The molecule has 1 aliphatic heterocycles. The van der Waals surface area contributed by atoms with Gasteiger partial charge in [-0.05, 0) is 18.3 Å². The third-order valence-electron chi connectivity index (χ3n) is 3.96. The largest absolute Gasteiger partial charge is 0.342 e. The molecule has 1 rings (SSSR count). The van der Waals surface area contributed by atoms with Gasteiger partial charge in [-0.3, -0.25) is 9.59 Å². The fraction of sp³-hybridized carbons (Fsp3) is 0.867. The molecule has 3 atom stereocenters. The van der Waals surface area contributed by atoms with Gasteiger partial charge in [0.1, 0.15) is 12.1 Å². The molecule has 0 aromatic carbocycles. The average molecular weight is 268 g/mol. The molecule has 1 N–H and O–H groups in total. The average Bonchev–Trinajstić information content (AvgIpc) is 2.36. The highest BCUT2D eigenvalue weighted by molar-refractivity contribution is 5.97. The number of hydrogen-bond acceptors (Lipinski definition) is 2. The molecule has 0 bridgehead atoms. The Balaban J connectivity index is 2.92. The number of nitrogens with one attached hydrogen (secondary N) is 1. The first-order chi connectivity index (χ1) is 8.92. The number of carbonyl (C=O) groups excluding carboxylic acids is 2. The van der Waals surface area contributed by atoms with Crippen LogP contribution in [0, 0.1) is 11.8 Å². The smallest absolute Gasteiger partial charge is 0.246 e. The first kappa shape index (κ1) is 16.0. The van der Waals surface area contributed by atoms with E-state index in [9.17, 15) is 9.59 Å². The molecule has 0 aliphatic carbocycles. The quantitative estimate of drug-likeness (QED) is 0.802. The molecule has 1 aliphatic rings. The van der Waals surface area contributed by atoms with E-state index < -0.39 is 0 Å². The first-order valence-corrected chi connectivity index (χ1v) is 7.53. The van der Waals surface area contributed by atoms with E-state index in [0.717, 1.165) is 19.3 Å². The molecule has 4 nitrogen and oxygen atoms in total. The van der Waals surface area contributed by atoms with Gasteiger partial charge in [0.2, 0.25) is 11.8 Å². The standard InChI is InChI=1S/C15H28N2O2/c1-6-8-12-14(18)16-13(10(3)4)15(19)17(12)9-11(5)7-2/h10-13H,6-9H2,1-5H3,(H,16,18). The van der Waals surface area contributed by atoms with Crippen molar-refractivity contribution in [2.24, 2.45) is 11.8 Å². The van der Waals surface area contributed by atoms with Crippen molar-refractivity contribution in [3.05, 3.63) is 0 Å². The van der Waals surface area contributed by atoms with Crippen molar-refractivity contribution in [3.8, 4) is 0 Å².